The van der Waals surface area contributed by atoms with Crippen molar-refractivity contribution in [3.05, 3.63) is 95.6 Å². The second kappa shape index (κ2) is 14.9. The van der Waals surface area contributed by atoms with E-state index in [0.29, 0.717) is 16.8 Å². The fourth-order valence-corrected chi connectivity index (χ4v) is 7.36. The van der Waals surface area contributed by atoms with Crippen LogP contribution >= 0.6 is 0 Å². The van der Waals surface area contributed by atoms with Crippen LogP contribution in [-0.2, 0) is 11.2 Å². The van der Waals surface area contributed by atoms with Crippen molar-refractivity contribution in [2.75, 3.05) is 37.6 Å². The lowest BCUT2D eigenvalue weighted by atomic mass is 9.67. The van der Waals surface area contributed by atoms with Crippen molar-refractivity contribution in [1.29, 1.82) is 0 Å². The zero-order valence-electron chi connectivity index (χ0n) is 25.3. The number of piperidine rings is 2. The molecule has 1 aliphatic carbocycles. The SMILES string of the molecule is C=C/C=C\C(=C/C)C1CCc2cc(B(O)O)ccc2C1c1ccc(N2CCC3(CCN(CC)CC3)CC2)cc1.O=CO. The number of hydrogen-bond acceptors (Lipinski definition) is 5. The van der Waals surface area contributed by atoms with E-state index in [1.54, 1.807) is 0 Å². The van der Waals surface area contributed by atoms with Crippen molar-refractivity contribution in [3.8, 4) is 0 Å². The Balaban J connectivity index is 0.00000129. The van der Waals surface area contributed by atoms with Crippen LogP contribution in [0.3, 0.4) is 0 Å². The number of anilines is 1. The zero-order chi connectivity index (χ0) is 30.1. The number of benzene rings is 2. The summed E-state index contributed by atoms with van der Waals surface area (Å²) in [5, 5.41) is 26.4. The summed E-state index contributed by atoms with van der Waals surface area (Å²) in [7, 11) is -1.43. The highest BCUT2D eigenvalue weighted by Gasteiger charge is 2.37. The van der Waals surface area contributed by atoms with Gasteiger partial charge in [0.15, 0.2) is 0 Å². The molecular weight excluding hydrogens is 523 g/mol. The molecule has 2 saturated heterocycles. The molecule has 224 valence electrons. The van der Waals surface area contributed by atoms with Gasteiger partial charge in [0.1, 0.15) is 0 Å². The molecule has 0 radical (unpaired) electrons. The van der Waals surface area contributed by atoms with E-state index in [9.17, 15) is 10.0 Å². The number of hydrogen-bond donors (Lipinski definition) is 3. The molecule has 2 fully saturated rings. The maximum atomic E-state index is 9.76. The maximum Gasteiger partial charge on any atom is 0.488 e. The summed E-state index contributed by atoms with van der Waals surface area (Å²) in [4.78, 5) is 13.6. The lowest BCUT2D eigenvalue weighted by Gasteiger charge is -2.47. The van der Waals surface area contributed by atoms with Gasteiger partial charge in [0.2, 0.25) is 0 Å². The van der Waals surface area contributed by atoms with Gasteiger partial charge in [0.25, 0.3) is 6.47 Å². The van der Waals surface area contributed by atoms with Crippen LogP contribution in [0.5, 0.6) is 0 Å². The summed E-state index contributed by atoms with van der Waals surface area (Å²) >= 11 is 0. The predicted molar refractivity (Wildman–Crippen MR) is 173 cm³/mol. The molecular formula is C35H47BN2O4. The van der Waals surface area contributed by atoms with E-state index < -0.39 is 7.12 Å². The first kappa shape index (κ1) is 31.8. The van der Waals surface area contributed by atoms with E-state index in [1.165, 1.54) is 73.3 Å². The molecule has 3 aliphatic rings. The van der Waals surface area contributed by atoms with Crippen molar-refractivity contribution < 1.29 is 19.9 Å². The molecule has 1 spiro atoms. The summed E-state index contributed by atoms with van der Waals surface area (Å²) < 4.78 is 0. The van der Waals surface area contributed by atoms with Gasteiger partial charge in [-0.05, 0) is 116 Å². The molecule has 3 N–H and O–H groups in total. The van der Waals surface area contributed by atoms with E-state index in [1.807, 2.05) is 24.3 Å². The van der Waals surface area contributed by atoms with Gasteiger partial charge in [-0.25, -0.2) is 0 Å². The third kappa shape index (κ3) is 7.26. The summed E-state index contributed by atoms with van der Waals surface area (Å²) in [5.41, 5.74) is 7.65. The number of likely N-dealkylation sites (tertiary alicyclic amines) is 1. The Morgan fingerprint density at radius 2 is 1.69 bits per heavy atom. The normalized spacial score (nSPS) is 22.3. The van der Waals surface area contributed by atoms with Gasteiger partial charge in [-0.1, -0.05) is 68.1 Å². The number of carbonyl (C=O) groups is 1. The zero-order valence-corrected chi connectivity index (χ0v) is 25.3. The van der Waals surface area contributed by atoms with Gasteiger partial charge in [-0.3, -0.25) is 4.79 Å². The molecule has 2 aliphatic heterocycles. The van der Waals surface area contributed by atoms with Gasteiger partial charge < -0.3 is 25.0 Å². The first-order valence-electron chi connectivity index (χ1n) is 15.5. The van der Waals surface area contributed by atoms with E-state index in [2.05, 4.69) is 72.7 Å². The highest BCUT2D eigenvalue weighted by atomic mass is 16.4. The fourth-order valence-electron chi connectivity index (χ4n) is 7.36. The lowest BCUT2D eigenvalue weighted by molar-refractivity contribution is -0.122. The molecule has 6 nitrogen and oxygen atoms in total. The highest BCUT2D eigenvalue weighted by Crippen LogP contribution is 2.46. The molecule has 2 unspecified atom stereocenters. The molecule has 0 amide bonds. The third-order valence-electron chi connectivity index (χ3n) is 9.92. The molecule has 2 aromatic rings. The minimum Gasteiger partial charge on any atom is -0.483 e. The molecule has 0 saturated carbocycles. The smallest absolute Gasteiger partial charge is 0.483 e. The van der Waals surface area contributed by atoms with E-state index in [0.717, 1.165) is 25.9 Å². The number of fused-ring (bicyclic) bond motifs is 1. The summed E-state index contributed by atoms with van der Waals surface area (Å²) in [6, 6.07) is 15.3. The Hall–Kier alpha value is -3.13. The summed E-state index contributed by atoms with van der Waals surface area (Å²) in [6.07, 6.45) is 15.6. The van der Waals surface area contributed by atoms with Crippen LogP contribution in [-0.4, -0.2) is 66.4 Å². The van der Waals surface area contributed by atoms with Crippen LogP contribution in [0, 0.1) is 11.3 Å². The van der Waals surface area contributed by atoms with Gasteiger partial charge in [0, 0.05) is 24.7 Å². The van der Waals surface area contributed by atoms with Gasteiger partial charge in [0.05, 0.1) is 0 Å². The number of carboxylic acid groups (broad SMARTS) is 1. The predicted octanol–water partition coefficient (Wildman–Crippen LogP) is 5.15. The Morgan fingerprint density at radius 1 is 1.05 bits per heavy atom. The van der Waals surface area contributed by atoms with Gasteiger partial charge >= 0.3 is 7.12 Å². The number of aryl methyl sites for hydroxylation is 1. The van der Waals surface area contributed by atoms with E-state index in [-0.39, 0.29) is 12.4 Å². The second-order valence-electron chi connectivity index (χ2n) is 12.0. The molecule has 7 heteroatoms. The standard InChI is InChI=1S/C34H45BN2O2.CH2O2/c1-4-7-8-26(5-2)31-15-11-28-25-29(35(38)39)12-16-32(28)33(31)27-9-13-30(14-10-27)37-23-19-34(20-24-37)17-21-36(6-3)22-18-34;2-1-3/h4-5,7-10,12-14,16,25,31,33,38-39H,1,6,11,15,17-24H2,2-3H3;1H,(H,2,3)/b8-7-,26-5+;. The largest absolute Gasteiger partial charge is 0.488 e. The minimum atomic E-state index is -1.43. The van der Waals surface area contributed by atoms with Crippen molar-refractivity contribution in [3.63, 3.8) is 0 Å². The average Bonchev–Trinajstić information content (AvgIpc) is 3.02. The third-order valence-corrected chi connectivity index (χ3v) is 9.92. The Bertz CT molecular complexity index is 1240. The van der Waals surface area contributed by atoms with Crippen molar-refractivity contribution >= 4 is 24.7 Å². The van der Waals surface area contributed by atoms with Gasteiger partial charge in [-0.15, -0.1) is 0 Å². The fraction of sp³-hybridized carbons (Fsp3) is 0.457. The maximum absolute atomic E-state index is 9.76. The van der Waals surface area contributed by atoms with Crippen LogP contribution in [0.1, 0.15) is 68.6 Å². The van der Waals surface area contributed by atoms with Crippen molar-refractivity contribution in [2.45, 2.75) is 58.3 Å². The van der Waals surface area contributed by atoms with E-state index >= 15 is 0 Å². The van der Waals surface area contributed by atoms with Crippen LogP contribution in [0.4, 0.5) is 5.69 Å². The van der Waals surface area contributed by atoms with Crippen LogP contribution < -0.4 is 10.4 Å². The Morgan fingerprint density at radius 3 is 2.26 bits per heavy atom. The molecule has 2 heterocycles. The number of rotatable bonds is 7. The molecule has 2 atom stereocenters. The first-order valence-corrected chi connectivity index (χ1v) is 15.5. The van der Waals surface area contributed by atoms with Crippen LogP contribution in [0.2, 0.25) is 0 Å². The number of nitrogens with zero attached hydrogens (tertiary/aromatic N) is 2. The summed E-state index contributed by atoms with van der Waals surface area (Å²) in [6.45, 7) is 14.1. The van der Waals surface area contributed by atoms with Crippen LogP contribution in [0.25, 0.3) is 0 Å². The van der Waals surface area contributed by atoms with Crippen molar-refractivity contribution in [2.24, 2.45) is 11.3 Å². The molecule has 2 aromatic carbocycles. The molecule has 0 aromatic heterocycles. The molecule has 0 bridgehead atoms. The van der Waals surface area contributed by atoms with Crippen molar-refractivity contribution in [1.82, 2.24) is 4.90 Å². The monoisotopic (exact) mass is 570 g/mol. The number of allylic oxidation sites excluding steroid dienone is 5. The van der Waals surface area contributed by atoms with E-state index in [4.69, 9.17) is 9.90 Å². The lowest BCUT2D eigenvalue weighted by Crippen LogP contribution is -2.46. The Labute approximate surface area is 252 Å². The highest BCUT2D eigenvalue weighted by molar-refractivity contribution is 6.58. The molecule has 5 rings (SSSR count). The average molecular weight is 571 g/mol. The van der Waals surface area contributed by atoms with Crippen LogP contribution in [0.15, 0.2) is 78.9 Å². The quantitative estimate of drug-likeness (QED) is 0.243. The summed E-state index contributed by atoms with van der Waals surface area (Å²) in [5.74, 6) is 0.583. The minimum absolute atomic E-state index is 0.224. The second-order valence-corrected chi connectivity index (χ2v) is 12.0. The topological polar surface area (TPSA) is 84.2 Å². The van der Waals surface area contributed by atoms with Gasteiger partial charge in [-0.2, -0.15) is 0 Å². The molecule has 42 heavy (non-hydrogen) atoms. The first-order chi connectivity index (χ1) is 20.4. The Kier molecular flexibility index (Phi) is 11.3.